The second-order valence-electron chi connectivity index (χ2n) is 5.01. The van der Waals surface area contributed by atoms with Crippen molar-refractivity contribution in [3.05, 3.63) is 35.9 Å². The molecule has 0 amide bonds. The molecule has 0 heterocycles. The van der Waals surface area contributed by atoms with Gasteiger partial charge in [-0.15, -0.1) is 0 Å². The molecule has 0 bridgehead atoms. The summed E-state index contributed by atoms with van der Waals surface area (Å²) in [5, 5.41) is 12.0. The highest BCUT2D eigenvalue weighted by atomic mass is 16.5. The molecule has 0 fully saturated rings. The monoisotopic (exact) mass is 252 g/mol. The number of quaternary nitrogens is 1. The molecule has 0 aliphatic rings. The molecular formula is C15H26NO2+. The summed E-state index contributed by atoms with van der Waals surface area (Å²) in [6.07, 6.45) is 0.607. The highest BCUT2D eigenvalue weighted by molar-refractivity contribution is 5.17. The quantitative estimate of drug-likeness (QED) is 0.736. The molecule has 1 rings (SSSR count). The zero-order valence-electron chi connectivity index (χ0n) is 11.7. The van der Waals surface area contributed by atoms with E-state index in [2.05, 4.69) is 38.2 Å². The summed E-state index contributed by atoms with van der Waals surface area (Å²) in [4.78, 5) is 0. The van der Waals surface area contributed by atoms with Gasteiger partial charge in [-0.25, -0.2) is 0 Å². The standard InChI is InChI=1S/C15H25NO2/c1-4-15(13-8-6-5-7-9-13)18-11-14(17)10-16-12(2)3/h5-9,12,14-17H,4,10-11H2,1-3H3/p+1/t14-,15+/m1/s1. The lowest BCUT2D eigenvalue weighted by Gasteiger charge is -2.19. The molecule has 0 radical (unpaired) electrons. The van der Waals surface area contributed by atoms with Gasteiger partial charge in [0.2, 0.25) is 0 Å². The van der Waals surface area contributed by atoms with Crippen molar-refractivity contribution in [3.63, 3.8) is 0 Å². The van der Waals surface area contributed by atoms with E-state index in [-0.39, 0.29) is 6.10 Å². The van der Waals surface area contributed by atoms with Gasteiger partial charge in [0, 0.05) is 0 Å². The van der Waals surface area contributed by atoms with Gasteiger partial charge in [0.1, 0.15) is 12.6 Å². The van der Waals surface area contributed by atoms with Gasteiger partial charge in [-0.1, -0.05) is 37.3 Å². The number of aliphatic hydroxyl groups excluding tert-OH is 1. The van der Waals surface area contributed by atoms with Crippen molar-refractivity contribution in [2.75, 3.05) is 13.2 Å². The van der Waals surface area contributed by atoms with E-state index in [1.54, 1.807) is 0 Å². The molecule has 3 N–H and O–H groups in total. The predicted molar refractivity (Wildman–Crippen MR) is 73.4 cm³/mol. The lowest BCUT2D eigenvalue weighted by molar-refractivity contribution is -0.688. The predicted octanol–water partition coefficient (Wildman–Crippen LogP) is 1.49. The number of benzene rings is 1. The lowest BCUT2D eigenvalue weighted by atomic mass is 10.1. The van der Waals surface area contributed by atoms with Crippen LogP contribution < -0.4 is 5.32 Å². The fourth-order valence-electron chi connectivity index (χ4n) is 1.84. The Balaban J connectivity index is 2.36. The van der Waals surface area contributed by atoms with Gasteiger partial charge in [-0.05, 0) is 25.8 Å². The lowest BCUT2D eigenvalue weighted by Crippen LogP contribution is -2.90. The summed E-state index contributed by atoms with van der Waals surface area (Å²) in [5.74, 6) is 0. The van der Waals surface area contributed by atoms with Crippen LogP contribution in [0.15, 0.2) is 30.3 Å². The van der Waals surface area contributed by atoms with Crippen molar-refractivity contribution in [2.45, 2.75) is 45.4 Å². The first-order valence-electron chi connectivity index (χ1n) is 6.81. The zero-order chi connectivity index (χ0) is 13.4. The number of hydrogen-bond acceptors (Lipinski definition) is 2. The van der Waals surface area contributed by atoms with Gasteiger partial charge >= 0.3 is 0 Å². The van der Waals surface area contributed by atoms with E-state index in [1.165, 1.54) is 5.56 Å². The molecule has 3 nitrogen and oxygen atoms in total. The van der Waals surface area contributed by atoms with Crippen LogP contribution in [0.5, 0.6) is 0 Å². The summed E-state index contributed by atoms with van der Waals surface area (Å²) in [7, 11) is 0. The molecule has 3 heteroatoms. The molecule has 2 atom stereocenters. The van der Waals surface area contributed by atoms with E-state index in [4.69, 9.17) is 4.74 Å². The van der Waals surface area contributed by atoms with Crippen molar-refractivity contribution in [1.29, 1.82) is 0 Å². The molecule has 18 heavy (non-hydrogen) atoms. The number of rotatable bonds is 8. The van der Waals surface area contributed by atoms with Gasteiger partial charge in [-0.3, -0.25) is 0 Å². The van der Waals surface area contributed by atoms with E-state index in [0.717, 1.165) is 6.42 Å². The molecule has 1 aromatic carbocycles. The van der Waals surface area contributed by atoms with E-state index in [0.29, 0.717) is 19.2 Å². The molecule has 0 aliphatic heterocycles. The Labute approximate surface area is 110 Å². The maximum Gasteiger partial charge on any atom is 0.126 e. The van der Waals surface area contributed by atoms with Crippen molar-refractivity contribution in [2.24, 2.45) is 0 Å². The van der Waals surface area contributed by atoms with Crippen LogP contribution in [0.1, 0.15) is 38.9 Å². The summed E-state index contributed by atoms with van der Waals surface area (Å²) in [5.41, 5.74) is 1.18. The number of aliphatic hydroxyl groups is 1. The third kappa shape index (κ3) is 5.63. The average Bonchev–Trinajstić information content (AvgIpc) is 2.38. The number of nitrogens with two attached hydrogens (primary N) is 1. The van der Waals surface area contributed by atoms with Crippen LogP contribution in [0, 0.1) is 0 Å². The van der Waals surface area contributed by atoms with E-state index in [1.807, 2.05) is 18.2 Å². The Morgan fingerprint density at radius 2 is 1.89 bits per heavy atom. The minimum atomic E-state index is -0.398. The Hall–Kier alpha value is -0.900. The third-order valence-electron chi connectivity index (χ3n) is 2.91. The van der Waals surface area contributed by atoms with Crippen LogP contribution >= 0.6 is 0 Å². The summed E-state index contributed by atoms with van der Waals surface area (Å²) >= 11 is 0. The molecule has 0 saturated carbocycles. The topological polar surface area (TPSA) is 46.1 Å². The number of hydrogen-bond donors (Lipinski definition) is 2. The van der Waals surface area contributed by atoms with Crippen molar-refractivity contribution in [3.8, 4) is 0 Å². The van der Waals surface area contributed by atoms with Crippen LogP contribution in [-0.2, 0) is 4.74 Å². The fraction of sp³-hybridized carbons (Fsp3) is 0.600. The Morgan fingerprint density at radius 3 is 2.44 bits per heavy atom. The van der Waals surface area contributed by atoms with Crippen LogP contribution in [0.4, 0.5) is 0 Å². The second kappa shape index (κ2) is 8.25. The Bertz CT molecular complexity index is 314. The molecule has 0 unspecified atom stereocenters. The first kappa shape index (κ1) is 15.2. The van der Waals surface area contributed by atoms with Crippen molar-refractivity contribution < 1.29 is 15.2 Å². The Morgan fingerprint density at radius 1 is 1.22 bits per heavy atom. The van der Waals surface area contributed by atoms with E-state index >= 15 is 0 Å². The molecule has 102 valence electrons. The normalized spacial score (nSPS) is 14.7. The SMILES string of the molecule is CC[C@H](OC[C@H](O)C[NH2+]C(C)C)c1ccccc1. The van der Waals surface area contributed by atoms with Crippen molar-refractivity contribution in [1.82, 2.24) is 0 Å². The Kier molecular flexibility index (Phi) is 6.94. The summed E-state index contributed by atoms with van der Waals surface area (Å²) < 4.78 is 5.80. The maximum absolute atomic E-state index is 9.83. The van der Waals surface area contributed by atoms with Crippen molar-refractivity contribution >= 4 is 0 Å². The first-order chi connectivity index (χ1) is 8.63. The van der Waals surface area contributed by atoms with Gasteiger partial charge in [-0.2, -0.15) is 0 Å². The summed E-state index contributed by atoms with van der Waals surface area (Å²) in [6, 6.07) is 10.7. The van der Waals surface area contributed by atoms with Gasteiger partial charge in [0.05, 0.1) is 18.8 Å². The zero-order valence-corrected chi connectivity index (χ0v) is 11.7. The van der Waals surface area contributed by atoms with Crippen LogP contribution in [0.3, 0.4) is 0 Å². The van der Waals surface area contributed by atoms with Crippen LogP contribution in [0.2, 0.25) is 0 Å². The molecule has 0 aliphatic carbocycles. The highest BCUT2D eigenvalue weighted by Gasteiger charge is 2.13. The largest absolute Gasteiger partial charge is 0.385 e. The van der Waals surface area contributed by atoms with Gasteiger partial charge in [0.25, 0.3) is 0 Å². The minimum Gasteiger partial charge on any atom is -0.385 e. The number of ether oxygens (including phenoxy) is 1. The third-order valence-corrected chi connectivity index (χ3v) is 2.91. The average molecular weight is 252 g/mol. The smallest absolute Gasteiger partial charge is 0.126 e. The molecule has 0 spiro atoms. The van der Waals surface area contributed by atoms with E-state index in [9.17, 15) is 5.11 Å². The second-order valence-corrected chi connectivity index (χ2v) is 5.01. The minimum absolute atomic E-state index is 0.0832. The van der Waals surface area contributed by atoms with Crippen LogP contribution in [0.25, 0.3) is 0 Å². The fourth-order valence-corrected chi connectivity index (χ4v) is 1.84. The highest BCUT2D eigenvalue weighted by Crippen LogP contribution is 2.20. The molecule has 1 aromatic rings. The molecular weight excluding hydrogens is 226 g/mol. The maximum atomic E-state index is 9.83. The summed E-state index contributed by atoms with van der Waals surface area (Å²) in [6.45, 7) is 7.43. The van der Waals surface area contributed by atoms with Gasteiger partial charge < -0.3 is 15.2 Å². The van der Waals surface area contributed by atoms with Gasteiger partial charge in [0.15, 0.2) is 0 Å². The molecule has 0 aromatic heterocycles. The first-order valence-corrected chi connectivity index (χ1v) is 6.81. The van der Waals surface area contributed by atoms with E-state index < -0.39 is 6.10 Å². The van der Waals surface area contributed by atoms with Crippen LogP contribution in [-0.4, -0.2) is 30.4 Å². The molecule has 0 saturated heterocycles.